The number of rotatable bonds is 7. The average molecular weight is 289 g/mol. The largest absolute Gasteiger partial charge is 0.369 e. The quantitative estimate of drug-likeness (QED) is 0.628. The fourth-order valence-electron chi connectivity index (χ4n) is 3.20. The number of hydrogen-bond acceptors (Lipinski definition) is 4. The van der Waals surface area contributed by atoms with Gasteiger partial charge in [-0.15, -0.1) is 0 Å². The molecule has 116 valence electrons. The van der Waals surface area contributed by atoms with Gasteiger partial charge in [-0.25, -0.2) is 0 Å². The molecule has 0 aromatic carbocycles. The monoisotopic (exact) mass is 288 g/mol. The molecule has 0 amide bonds. The molecule has 0 spiro atoms. The Kier molecular flexibility index (Phi) is 7.20. The zero-order chi connectivity index (χ0) is 15.3. The first kappa shape index (κ1) is 19.1. The Morgan fingerprint density at radius 3 is 1.11 bits per heavy atom. The van der Waals surface area contributed by atoms with Gasteiger partial charge < -0.3 is 14.9 Å². The van der Waals surface area contributed by atoms with Crippen LogP contribution in [0.5, 0.6) is 0 Å². The molecule has 19 heavy (non-hydrogen) atoms. The van der Waals surface area contributed by atoms with Gasteiger partial charge in [0.05, 0.1) is 0 Å². The molecular formula is C14H36N4Si. The highest BCUT2D eigenvalue weighted by atomic mass is 28.4. The van der Waals surface area contributed by atoms with Crippen molar-refractivity contribution in [2.45, 2.75) is 73.4 Å². The molecule has 3 N–H and O–H groups in total. The van der Waals surface area contributed by atoms with E-state index in [1.807, 2.05) is 0 Å². The van der Waals surface area contributed by atoms with Crippen molar-refractivity contribution in [2.75, 3.05) is 19.6 Å². The maximum Gasteiger partial charge on any atom is 0.369 e. The zero-order valence-electron chi connectivity index (χ0n) is 14.6. The molecule has 0 radical (unpaired) electrons. The van der Waals surface area contributed by atoms with E-state index in [-0.39, 0.29) is 11.1 Å². The molecule has 0 aliphatic carbocycles. The van der Waals surface area contributed by atoms with Crippen molar-refractivity contribution in [1.29, 1.82) is 0 Å². The Labute approximate surface area is 122 Å². The van der Waals surface area contributed by atoms with Crippen molar-refractivity contribution < 1.29 is 0 Å². The first-order chi connectivity index (χ1) is 8.55. The third-order valence-electron chi connectivity index (χ3n) is 2.97. The van der Waals surface area contributed by atoms with E-state index in [1.165, 1.54) is 0 Å². The zero-order valence-corrected chi connectivity index (χ0v) is 15.6. The number of hydrogen-bond donors (Lipinski definition) is 3. The predicted octanol–water partition coefficient (Wildman–Crippen LogP) is 2.15. The fourth-order valence-corrected chi connectivity index (χ4v) is 7.60. The van der Waals surface area contributed by atoms with Gasteiger partial charge in [-0.05, 0) is 61.2 Å². The van der Waals surface area contributed by atoms with Gasteiger partial charge in [-0.1, -0.05) is 20.8 Å². The van der Waals surface area contributed by atoms with E-state index in [9.17, 15) is 0 Å². The van der Waals surface area contributed by atoms with E-state index in [2.05, 4.69) is 81.8 Å². The summed E-state index contributed by atoms with van der Waals surface area (Å²) in [7, 11) is -2.11. The van der Waals surface area contributed by atoms with Gasteiger partial charge in [0, 0.05) is 11.1 Å². The Balaban J connectivity index is 5.70. The maximum absolute atomic E-state index is 3.75. The first-order valence-electron chi connectivity index (χ1n) is 7.60. The molecule has 0 heterocycles. The van der Waals surface area contributed by atoms with Crippen LogP contribution in [0.4, 0.5) is 0 Å². The van der Waals surface area contributed by atoms with Crippen LogP contribution in [0.15, 0.2) is 0 Å². The highest BCUT2D eigenvalue weighted by Crippen LogP contribution is 2.28. The summed E-state index contributed by atoms with van der Waals surface area (Å²) >= 11 is 0. The Hall–Kier alpha value is 0.0569. The highest BCUT2D eigenvalue weighted by molar-refractivity contribution is 6.70. The molecule has 0 rings (SSSR count). The topological polar surface area (TPSA) is 39.3 Å². The van der Waals surface area contributed by atoms with Crippen molar-refractivity contribution >= 4 is 8.72 Å². The summed E-state index contributed by atoms with van der Waals surface area (Å²) in [5.41, 5.74) is 0.188. The minimum Gasteiger partial charge on any atom is -0.301 e. The van der Waals surface area contributed by atoms with Crippen molar-refractivity contribution in [3.63, 3.8) is 0 Å². The van der Waals surface area contributed by atoms with E-state index in [4.69, 9.17) is 0 Å². The lowest BCUT2D eigenvalue weighted by Gasteiger charge is -2.55. The van der Waals surface area contributed by atoms with Crippen molar-refractivity contribution in [1.82, 2.24) is 19.5 Å². The Bertz CT molecular complexity index is 224. The smallest absolute Gasteiger partial charge is 0.301 e. The van der Waals surface area contributed by atoms with E-state index in [0.29, 0.717) is 0 Å². The van der Waals surface area contributed by atoms with Crippen molar-refractivity contribution in [3.05, 3.63) is 0 Å². The van der Waals surface area contributed by atoms with Gasteiger partial charge in [0.15, 0.2) is 0 Å². The second-order valence-electron chi connectivity index (χ2n) is 6.98. The molecule has 0 aliphatic rings. The van der Waals surface area contributed by atoms with Gasteiger partial charge in [0.2, 0.25) is 0 Å². The van der Waals surface area contributed by atoms with Crippen molar-refractivity contribution in [2.24, 2.45) is 0 Å². The van der Waals surface area contributed by atoms with E-state index in [0.717, 1.165) is 19.6 Å². The van der Waals surface area contributed by atoms with Crippen LogP contribution >= 0.6 is 0 Å². The van der Waals surface area contributed by atoms with Gasteiger partial charge >= 0.3 is 8.72 Å². The van der Waals surface area contributed by atoms with Crippen LogP contribution in [0.1, 0.15) is 62.3 Å². The van der Waals surface area contributed by atoms with Crippen LogP contribution < -0.4 is 14.9 Å². The lowest BCUT2D eigenvalue weighted by molar-refractivity contribution is 0.113. The first-order valence-corrected chi connectivity index (χ1v) is 9.55. The summed E-state index contributed by atoms with van der Waals surface area (Å²) in [5, 5.41) is 0. The molecule has 0 aromatic heterocycles. The summed E-state index contributed by atoms with van der Waals surface area (Å²) in [6, 6.07) is 0. The molecule has 0 fully saturated rings. The highest BCUT2D eigenvalue weighted by Gasteiger charge is 2.50. The lowest BCUT2D eigenvalue weighted by Crippen LogP contribution is -2.86. The van der Waals surface area contributed by atoms with E-state index < -0.39 is 8.72 Å². The van der Waals surface area contributed by atoms with Crippen LogP contribution in [0, 0.1) is 0 Å². The number of nitrogens with one attached hydrogen (secondary N) is 3. The summed E-state index contributed by atoms with van der Waals surface area (Å²) in [6.45, 7) is 23.2. The third-order valence-corrected chi connectivity index (χ3v) is 7.58. The summed E-state index contributed by atoms with van der Waals surface area (Å²) in [4.78, 5) is 11.3. The molecular weight excluding hydrogens is 252 g/mol. The molecule has 0 aromatic rings. The third kappa shape index (κ3) is 5.15. The molecule has 0 saturated heterocycles. The van der Waals surface area contributed by atoms with Gasteiger partial charge in [0.1, 0.15) is 0 Å². The molecule has 0 aliphatic heterocycles. The summed E-state index contributed by atoms with van der Waals surface area (Å²) in [6.07, 6.45) is 0. The van der Waals surface area contributed by atoms with Gasteiger partial charge in [-0.3, -0.25) is 4.57 Å². The molecule has 0 bridgehead atoms. The van der Waals surface area contributed by atoms with Gasteiger partial charge in [0.25, 0.3) is 0 Å². The SMILES string of the molecule is CCN[Si](NCC)(NCC)N(C(C)(C)C)C(C)(C)C. The minimum atomic E-state index is -2.11. The van der Waals surface area contributed by atoms with Crippen LogP contribution in [0.25, 0.3) is 0 Å². The minimum absolute atomic E-state index is 0.0942. The molecule has 0 atom stereocenters. The predicted molar refractivity (Wildman–Crippen MR) is 88.1 cm³/mol. The van der Waals surface area contributed by atoms with Crippen LogP contribution in [0.3, 0.4) is 0 Å². The Morgan fingerprint density at radius 2 is 0.947 bits per heavy atom. The summed E-state index contributed by atoms with van der Waals surface area (Å²) in [5.74, 6) is 0. The fraction of sp³-hybridized carbons (Fsp3) is 1.00. The standard InChI is InChI=1S/C14H36N4Si/c1-10-15-19(16-11-2,17-12-3)18(13(4,5)6)14(7,8)9/h15-17H,10-12H2,1-9H3. The normalized spacial score (nSPS) is 14.2. The average Bonchev–Trinajstić information content (AvgIpc) is 2.13. The second kappa shape index (κ2) is 7.18. The van der Waals surface area contributed by atoms with E-state index in [1.54, 1.807) is 0 Å². The van der Waals surface area contributed by atoms with Crippen molar-refractivity contribution in [3.8, 4) is 0 Å². The maximum atomic E-state index is 3.75. The van der Waals surface area contributed by atoms with Crippen LogP contribution in [0.2, 0.25) is 0 Å². The number of nitrogens with zero attached hydrogens (tertiary/aromatic N) is 1. The lowest BCUT2D eigenvalue weighted by atomic mass is 10.0. The molecule has 0 saturated carbocycles. The Morgan fingerprint density at radius 1 is 0.684 bits per heavy atom. The second-order valence-corrected chi connectivity index (χ2v) is 9.91. The van der Waals surface area contributed by atoms with Gasteiger partial charge in [-0.2, -0.15) is 0 Å². The van der Waals surface area contributed by atoms with E-state index >= 15 is 0 Å². The summed E-state index contributed by atoms with van der Waals surface area (Å²) < 4.78 is 2.63. The molecule has 0 unspecified atom stereocenters. The molecule has 4 nitrogen and oxygen atoms in total. The van der Waals surface area contributed by atoms with Crippen LogP contribution in [-0.4, -0.2) is 44.0 Å². The van der Waals surface area contributed by atoms with Crippen LogP contribution in [-0.2, 0) is 0 Å². The molecule has 5 heteroatoms.